The summed E-state index contributed by atoms with van der Waals surface area (Å²) in [4.78, 5) is 18.0. The maximum atomic E-state index is 13.5. The van der Waals surface area contributed by atoms with E-state index in [4.69, 9.17) is 4.74 Å². The lowest BCUT2D eigenvalue weighted by Crippen LogP contribution is -2.35. The SMILES string of the molecule is COc1cccc(-n2nnc(C(=O)N3CC=C(c4c[nH]c5cc(F)ccc45)CC3)c2C)c1. The quantitative estimate of drug-likeness (QED) is 0.527. The van der Waals surface area contributed by atoms with Crippen LogP contribution in [0, 0.1) is 12.7 Å². The van der Waals surface area contributed by atoms with Crippen molar-refractivity contribution in [3.05, 3.63) is 77.5 Å². The summed E-state index contributed by atoms with van der Waals surface area (Å²) in [5, 5.41) is 9.33. The highest BCUT2D eigenvalue weighted by molar-refractivity contribution is 5.95. The molecule has 3 heterocycles. The van der Waals surface area contributed by atoms with Crippen LogP contribution in [0.15, 0.2) is 54.7 Å². The van der Waals surface area contributed by atoms with E-state index in [1.807, 2.05) is 37.4 Å². The van der Waals surface area contributed by atoms with E-state index < -0.39 is 0 Å². The predicted octanol–water partition coefficient (Wildman–Crippen LogP) is 4.13. The third-order valence-electron chi connectivity index (χ3n) is 5.88. The molecule has 0 bridgehead atoms. The highest BCUT2D eigenvalue weighted by Gasteiger charge is 2.25. The Morgan fingerprint density at radius 2 is 2.09 bits per heavy atom. The number of nitrogens with zero attached hydrogens (tertiary/aromatic N) is 4. The van der Waals surface area contributed by atoms with Gasteiger partial charge in [-0.25, -0.2) is 9.07 Å². The zero-order valence-corrected chi connectivity index (χ0v) is 17.8. The summed E-state index contributed by atoms with van der Waals surface area (Å²) in [5.41, 5.74) is 4.76. The number of fused-ring (bicyclic) bond motifs is 1. The van der Waals surface area contributed by atoms with Gasteiger partial charge in [0, 0.05) is 41.8 Å². The molecule has 7 nitrogen and oxygen atoms in total. The van der Waals surface area contributed by atoms with E-state index in [1.54, 1.807) is 22.8 Å². The van der Waals surface area contributed by atoms with Crippen molar-refractivity contribution in [3.8, 4) is 11.4 Å². The number of halogens is 1. The standard InChI is InChI=1S/C24H22FN5O2/c1-15-23(27-28-30(15)18-4-3-5-19(13-18)32-2)24(31)29-10-8-16(9-11-29)21-14-26-22-12-17(25)6-7-20(21)22/h3-8,12-14,26H,9-11H2,1-2H3. The second-order valence-electron chi connectivity index (χ2n) is 7.76. The first-order valence-electron chi connectivity index (χ1n) is 10.4. The zero-order valence-electron chi connectivity index (χ0n) is 17.8. The lowest BCUT2D eigenvalue weighted by Gasteiger charge is -2.26. The van der Waals surface area contributed by atoms with Gasteiger partial charge in [-0.1, -0.05) is 17.4 Å². The molecule has 32 heavy (non-hydrogen) atoms. The Morgan fingerprint density at radius 1 is 1.22 bits per heavy atom. The van der Waals surface area contributed by atoms with E-state index >= 15 is 0 Å². The van der Waals surface area contributed by atoms with Crippen LogP contribution in [0.1, 0.15) is 28.2 Å². The van der Waals surface area contributed by atoms with Crippen molar-refractivity contribution in [1.82, 2.24) is 24.9 Å². The van der Waals surface area contributed by atoms with E-state index in [-0.39, 0.29) is 11.7 Å². The summed E-state index contributed by atoms with van der Waals surface area (Å²) in [6.45, 7) is 2.89. The van der Waals surface area contributed by atoms with Crippen LogP contribution in [0.3, 0.4) is 0 Å². The molecule has 1 aliphatic heterocycles. The molecule has 2 aromatic heterocycles. The number of benzene rings is 2. The molecule has 0 saturated heterocycles. The molecule has 8 heteroatoms. The molecular weight excluding hydrogens is 409 g/mol. The number of carbonyl (C=O) groups excluding carboxylic acids is 1. The van der Waals surface area contributed by atoms with Crippen LogP contribution in [0.2, 0.25) is 0 Å². The van der Waals surface area contributed by atoms with Crippen molar-refractivity contribution in [2.75, 3.05) is 20.2 Å². The van der Waals surface area contributed by atoms with E-state index in [9.17, 15) is 9.18 Å². The third-order valence-corrected chi connectivity index (χ3v) is 5.88. The van der Waals surface area contributed by atoms with E-state index in [1.165, 1.54) is 12.1 Å². The molecule has 162 valence electrons. The van der Waals surface area contributed by atoms with Crippen LogP contribution in [-0.2, 0) is 0 Å². The fourth-order valence-electron chi connectivity index (χ4n) is 4.13. The third kappa shape index (κ3) is 3.43. The Bertz CT molecular complexity index is 1350. The molecule has 2 aromatic carbocycles. The first kappa shape index (κ1) is 20.0. The fraction of sp³-hybridized carbons (Fsp3) is 0.208. The van der Waals surface area contributed by atoms with Crippen LogP contribution >= 0.6 is 0 Å². The lowest BCUT2D eigenvalue weighted by atomic mass is 9.98. The van der Waals surface area contributed by atoms with Gasteiger partial charge < -0.3 is 14.6 Å². The van der Waals surface area contributed by atoms with Crippen molar-refractivity contribution in [2.24, 2.45) is 0 Å². The first-order valence-corrected chi connectivity index (χ1v) is 10.4. The molecule has 0 aliphatic carbocycles. The second-order valence-corrected chi connectivity index (χ2v) is 7.76. The summed E-state index contributed by atoms with van der Waals surface area (Å²) in [6.07, 6.45) is 4.66. The van der Waals surface area contributed by atoms with E-state index in [2.05, 4.69) is 21.4 Å². The highest BCUT2D eigenvalue weighted by atomic mass is 19.1. The molecule has 0 fully saturated rings. The summed E-state index contributed by atoms with van der Waals surface area (Å²) < 4.78 is 20.4. The molecule has 0 atom stereocenters. The van der Waals surface area contributed by atoms with Gasteiger partial charge in [0.1, 0.15) is 11.6 Å². The number of aromatic nitrogens is 4. The number of methoxy groups -OCH3 is 1. The monoisotopic (exact) mass is 431 g/mol. The van der Waals surface area contributed by atoms with Gasteiger partial charge in [-0.15, -0.1) is 5.10 Å². The Kier molecular flexibility index (Phi) is 4.97. The average molecular weight is 431 g/mol. The van der Waals surface area contributed by atoms with Crippen molar-refractivity contribution >= 4 is 22.4 Å². The van der Waals surface area contributed by atoms with Gasteiger partial charge in [0.05, 0.1) is 18.5 Å². The zero-order chi connectivity index (χ0) is 22.2. The van der Waals surface area contributed by atoms with Crippen LogP contribution < -0.4 is 4.74 Å². The predicted molar refractivity (Wildman–Crippen MR) is 119 cm³/mol. The Labute approximate surface area is 184 Å². The van der Waals surface area contributed by atoms with Crippen LogP contribution in [-0.4, -0.2) is 51.0 Å². The number of amides is 1. The van der Waals surface area contributed by atoms with Crippen molar-refractivity contribution in [2.45, 2.75) is 13.3 Å². The average Bonchev–Trinajstić information content (AvgIpc) is 3.42. The van der Waals surface area contributed by atoms with E-state index in [0.29, 0.717) is 36.6 Å². The molecule has 1 aliphatic rings. The van der Waals surface area contributed by atoms with Crippen molar-refractivity contribution in [3.63, 3.8) is 0 Å². The smallest absolute Gasteiger partial charge is 0.276 e. The normalized spacial score (nSPS) is 14.0. The molecule has 4 aromatic rings. The molecular formula is C24H22FN5O2. The Balaban J connectivity index is 1.36. The van der Waals surface area contributed by atoms with Crippen LogP contribution in [0.25, 0.3) is 22.2 Å². The minimum absolute atomic E-state index is 0.145. The van der Waals surface area contributed by atoms with Crippen molar-refractivity contribution < 1.29 is 13.9 Å². The topological polar surface area (TPSA) is 76.0 Å². The van der Waals surface area contributed by atoms with Gasteiger partial charge in [-0.2, -0.15) is 0 Å². The Hall–Kier alpha value is -3.94. The maximum absolute atomic E-state index is 13.5. The van der Waals surface area contributed by atoms with Gasteiger partial charge >= 0.3 is 0 Å². The van der Waals surface area contributed by atoms with Gasteiger partial charge in [0.15, 0.2) is 5.69 Å². The number of hydrogen-bond acceptors (Lipinski definition) is 4. The molecule has 0 spiro atoms. The molecule has 0 unspecified atom stereocenters. The number of carbonyl (C=O) groups is 1. The van der Waals surface area contributed by atoms with Crippen LogP contribution in [0.4, 0.5) is 4.39 Å². The summed E-state index contributed by atoms with van der Waals surface area (Å²) in [6, 6.07) is 12.2. The van der Waals surface area contributed by atoms with Gasteiger partial charge in [-0.3, -0.25) is 4.79 Å². The van der Waals surface area contributed by atoms with Gasteiger partial charge in [0.25, 0.3) is 5.91 Å². The summed E-state index contributed by atoms with van der Waals surface area (Å²) in [5.74, 6) is 0.296. The molecule has 1 N–H and O–H groups in total. The number of hydrogen-bond donors (Lipinski definition) is 1. The van der Waals surface area contributed by atoms with Gasteiger partial charge in [0.2, 0.25) is 0 Å². The summed E-state index contributed by atoms with van der Waals surface area (Å²) >= 11 is 0. The number of ether oxygens (including phenoxy) is 1. The Morgan fingerprint density at radius 3 is 2.88 bits per heavy atom. The second kappa shape index (κ2) is 7.96. The first-order chi connectivity index (χ1) is 15.5. The van der Waals surface area contributed by atoms with E-state index in [0.717, 1.165) is 27.7 Å². The molecule has 0 radical (unpaired) electrons. The fourth-order valence-corrected chi connectivity index (χ4v) is 4.13. The molecule has 1 amide bonds. The molecule has 0 saturated carbocycles. The molecule has 5 rings (SSSR count). The minimum Gasteiger partial charge on any atom is -0.497 e. The lowest BCUT2D eigenvalue weighted by molar-refractivity contribution is 0.0766. The van der Waals surface area contributed by atoms with Crippen molar-refractivity contribution in [1.29, 1.82) is 0 Å². The number of aromatic amines is 1. The number of H-pyrrole nitrogens is 1. The minimum atomic E-state index is -0.266. The van der Waals surface area contributed by atoms with Gasteiger partial charge in [-0.05, 0) is 49.2 Å². The number of rotatable bonds is 4. The largest absolute Gasteiger partial charge is 0.497 e. The maximum Gasteiger partial charge on any atom is 0.276 e. The van der Waals surface area contributed by atoms with Crippen LogP contribution in [0.5, 0.6) is 5.75 Å². The summed E-state index contributed by atoms with van der Waals surface area (Å²) in [7, 11) is 1.61. The highest BCUT2D eigenvalue weighted by Crippen LogP contribution is 2.30. The number of nitrogens with one attached hydrogen (secondary N) is 1.